The van der Waals surface area contributed by atoms with Gasteiger partial charge in [0.1, 0.15) is 17.4 Å². The standard InChI is InChI=1S/C38H44N2O4S/c1-36(2,3)30-20-24(21-31(33(30)42-7)37(4,5)6)32-23-45-34(39-32)38(16-18-43-19-17-38)40-35(41)44-22-29-27-14-10-8-12-25(27)26-13-9-11-15-28(26)29/h8-15,20-21,23,29H,16-19,22H2,1-7H3,(H,40,41). The van der Waals surface area contributed by atoms with E-state index < -0.39 is 11.6 Å². The van der Waals surface area contributed by atoms with Gasteiger partial charge in [0.05, 0.1) is 18.3 Å². The first-order valence-electron chi connectivity index (χ1n) is 15.8. The number of fused-ring (bicyclic) bond motifs is 3. The minimum atomic E-state index is -0.657. The Hall–Kier alpha value is -3.68. The van der Waals surface area contributed by atoms with Crippen molar-refractivity contribution < 1.29 is 19.0 Å². The first-order valence-corrected chi connectivity index (χ1v) is 16.7. The molecule has 0 spiro atoms. The number of carbonyl (C=O) groups excluding carboxylic acids is 1. The van der Waals surface area contributed by atoms with Gasteiger partial charge in [-0.2, -0.15) is 0 Å². The average molecular weight is 625 g/mol. The fraction of sp³-hybridized carbons (Fsp3) is 0.421. The van der Waals surface area contributed by atoms with Gasteiger partial charge in [0.15, 0.2) is 0 Å². The van der Waals surface area contributed by atoms with E-state index in [1.54, 1.807) is 18.4 Å². The van der Waals surface area contributed by atoms with E-state index in [0.717, 1.165) is 33.1 Å². The van der Waals surface area contributed by atoms with Crippen LogP contribution in [0.25, 0.3) is 22.4 Å². The van der Waals surface area contributed by atoms with Gasteiger partial charge in [-0.05, 0) is 45.2 Å². The minimum absolute atomic E-state index is 0.00403. The van der Waals surface area contributed by atoms with Crippen LogP contribution in [0.2, 0.25) is 0 Å². The molecule has 1 aromatic heterocycles. The van der Waals surface area contributed by atoms with E-state index in [2.05, 4.69) is 101 Å². The number of methoxy groups -OCH3 is 1. The number of rotatable bonds is 6. The summed E-state index contributed by atoms with van der Waals surface area (Å²) in [5.74, 6) is 0.941. The summed E-state index contributed by atoms with van der Waals surface area (Å²) >= 11 is 1.58. The van der Waals surface area contributed by atoms with Crippen molar-refractivity contribution in [3.8, 4) is 28.1 Å². The lowest BCUT2D eigenvalue weighted by Gasteiger charge is -2.36. The molecule has 0 unspecified atom stereocenters. The van der Waals surface area contributed by atoms with Crippen LogP contribution in [0.1, 0.15) is 87.6 Å². The van der Waals surface area contributed by atoms with Gasteiger partial charge in [-0.3, -0.25) is 0 Å². The van der Waals surface area contributed by atoms with Crippen LogP contribution in [0.3, 0.4) is 0 Å². The van der Waals surface area contributed by atoms with Crippen LogP contribution in [0.15, 0.2) is 66.0 Å². The molecular formula is C38H44N2O4S. The van der Waals surface area contributed by atoms with Gasteiger partial charge in [0.25, 0.3) is 0 Å². The Bertz CT molecular complexity index is 1620. The Labute approximate surface area is 271 Å². The fourth-order valence-electron chi connectivity index (χ4n) is 6.68. The van der Waals surface area contributed by atoms with Crippen molar-refractivity contribution in [3.05, 3.63) is 93.3 Å². The van der Waals surface area contributed by atoms with E-state index >= 15 is 0 Å². The molecule has 1 fully saturated rings. The number of hydrogen-bond acceptors (Lipinski definition) is 6. The van der Waals surface area contributed by atoms with Crippen LogP contribution < -0.4 is 10.1 Å². The molecule has 236 valence electrons. The molecule has 1 aliphatic heterocycles. The van der Waals surface area contributed by atoms with Gasteiger partial charge >= 0.3 is 6.09 Å². The molecule has 1 saturated heterocycles. The number of hydrogen-bond donors (Lipinski definition) is 1. The summed E-state index contributed by atoms with van der Waals surface area (Å²) in [4.78, 5) is 18.7. The lowest BCUT2D eigenvalue weighted by atomic mass is 9.78. The van der Waals surface area contributed by atoms with Crippen molar-refractivity contribution in [2.75, 3.05) is 26.9 Å². The van der Waals surface area contributed by atoms with Crippen molar-refractivity contribution in [3.63, 3.8) is 0 Å². The van der Waals surface area contributed by atoms with E-state index in [-0.39, 0.29) is 23.4 Å². The predicted molar refractivity (Wildman–Crippen MR) is 181 cm³/mol. The van der Waals surface area contributed by atoms with Crippen molar-refractivity contribution in [2.45, 2.75) is 76.7 Å². The summed E-state index contributed by atoms with van der Waals surface area (Å²) in [6.45, 7) is 14.6. The maximum atomic E-state index is 13.5. The number of aromatic nitrogens is 1. The number of nitrogens with zero attached hydrogens (tertiary/aromatic N) is 1. The Kier molecular flexibility index (Phi) is 8.29. The van der Waals surface area contributed by atoms with E-state index in [1.807, 2.05) is 12.1 Å². The summed E-state index contributed by atoms with van der Waals surface area (Å²) < 4.78 is 17.7. The second-order valence-corrected chi connectivity index (χ2v) is 15.1. The molecule has 0 radical (unpaired) electrons. The molecule has 45 heavy (non-hydrogen) atoms. The molecule has 6 rings (SSSR count). The predicted octanol–water partition coefficient (Wildman–Crippen LogP) is 8.96. The highest BCUT2D eigenvalue weighted by atomic mass is 32.1. The average Bonchev–Trinajstić information content (AvgIpc) is 3.63. The quantitative estimate of drug-likeness (QED) is 0.232. The van der Waals surface area contributed by atoms with Gasteiger partial charge in [-0.25, -0.2) is 9.78 Å². The fourth-order valence-corrected chi connectivity index (χ4v) is 7.72. The Morgan fingerprint density at radius 3 is 2.02 bits per heavy atom. The molecule has 1 aliphatic carbocycles. The Morgan fingerprint density at radius 1 is 0.933 bits per heavy atom. The molecule has 6 nitrogen and oxygen atoms in total. The van der Waals surface area contributed by atoms with Crippen LogP contribution >= 0.6 is 11.3 Å². The molecule has 1 N–H and O–H groups in total. The highest BCUT2D eigenvalue weighted by Crippen LogP contribution is 2.46. The van der Waals surface area contributed by atoms with Crippen molar-refractivity contribution in [1.82, 2.24) is 10.3 Å². The number of thiazole rings is 1. The maximum absolute atomic E-state index is 13.5. The smallest absolute Gasteiger partial charge is 0.407 e. The number of carbonyl (C=O) groups is 1. The summed E-state index contributed by atoms with van der Waals surface area (Å²) in [5, 5.41) is 6.24. The number of benzene rings is 3. The Morgan fingerprint density at radius 2 is 1.49 bits per heavy atom. The third kappa shape index (κ3) is 6.00. The molecule has 2 aliphatic rings. The van der Waals surface area contributed by atoms with Crippen molar-refractivity contribution >= 4 is 17.4 Å². The molecule has 2 heterocycles. The molecule has 3 aromatic carbocycles. The molecule has 1 amide bonds. The van der Waals surface area contributed by atoms with E-state index in [0.29, 0.717) is 26.1 Å². The maximum Gasteiger partial charge on any atom is 0.407 e. The van der Waals surface area contributed by atoms with Crippen LogP contribution in [0, 0.1) is 0 Å². The monoisotopic (exact) mass is 624 g/mol. The SMILES string of the molecule is COc1c(C(C)(C)C)cc(-c2csc(C3(NC(=O)OCC4c5ccccc5-c5ccccc54)CCOCC3)n2)cc1C(C)(C)C. The number of alkyl carbamates (subject to hydrolysis) is 1. The second-order valence-electron chi connectivity index (χ2n) is 14.3. The van der Waals surface area contributed by atoms with E-state index in [4.69, 9.17) is 19.2 Å². The zero-order valence-corrected chi connectivity index (χ0v) is 28.3. The normalized spacial score (nSPS) is 16.2. The third-order valence-corrected chi connectivity index (χ3v) is 10.2. The Balaban J connectivity index is 1.27. The molecule has 7 heteroatoms. The molecular weight excluding hydrogens is 580 g/mol. The van der Waals surface area contributed by atoms with Gasteiger partial charge in [-0.15, -0.1) is 11.3 Å². The van der Waals surface area contributed by atoms with Crippen LogP contribution in [-0.2, 0) is 25.8 Å². The van der Waals surface area contributed by atoms with Gasteiger partial charge in [0.2, 0.25) is 0 Å². The van der Waals surface area contributed by atoms with Crippen molar-refractivity contribution in [1.29, 1.82) is 0 Å². The van der Waals surface area contributed by atoms with Crippen LogP contribution in [0.5, 0.6) is 5.75 Å². The lowest BCUT2D eigenvalue weighted by molar-refractivity contribution is 0.0334. The zero-order valence-electron chi connectivity index (χ0n) is 27.5. The number of ether oxygens (including phenoxy) is 3. The summed E-state index contributed by atoms with van der Waals surface area (Å²) in [7, 11) is 1.75. The molecule has 0 saturated carbocycles. The first-order chi connectivity index (χ1) is 21.4. The molecule has 0 atom stereocenters. The van der Waals surface area contributed by atoms with Crippen LogP contribution in [0.4, 0.5) is 4.79 Å². The summed E-state index contributed by atoms with van der Waals surface area (Å²) in [6, 6.07) is 21.2. The summed E-state index contributed by atoms with van der Waals surface area (Å²) in [6.07, 6.45) is 0.838. The van der Waals surface area contributed by atoms with E-state index in [9.17, 15) is 4.79 Å². The van der Waals surface area contributed by atoms with Crippen molar-refractivity contribution in [2.24, 2.45) is 0 Å². The third-order valence-electron chi connectivity index (χ3n) is 9.15. The topological polar surface area (TPSA) is 69.7 Å². The minimum Gasteiger partial charge on any atom is -0.496 e. The molecule has 4 aromatic rings. The van der Waals surface area contributed by atoms with Crippen LogP contribution in [-0.4, -0.2) is 38.0 Å². The zero-order chi connectivity index (χ0) is 32.0. The largest absolute Gasteiger partial charge is 0.496 e. The summed E-state index contributed by atoms with van der Waals surface area (Å²) in [5.41, 5.74) is 8.17. The highest BCUT2D eigenvalue weighted by molar-refractivity contribution is 7.10. The lowest BCUT2D eigenvalue weighted by Crippen LogP contribution is -2.49. The number of nitrogens with one attached hydrogen (secondary N) is 1. The number of amides is 1. The second kappa shape index (κ2) is 11.9. The first kappa shape index (κ1) is 31.3. The highest BCUT2D eigenvalue weighted by Gasteiger charge is 2.40. The van der Waals surface area contributed by atoms with Gasteiger partial charge < -0.3 is 19.5 Å². The van der Waals surface area contributed by atoms with Gasteiger partial charge in [-0.1, -0.05) is 90.1 Å². The van der Waals surface area contributed by atoms with E-state index in [1.165, 1.54) is 22.3 Å². The van der Waals surface area contributed by atoms with Gasteiger partial charge in [0, 0.05) is 54.0 Å². The molecule has 0 bridgehead atoms.